The lowest BCUT2D eigenvalue weighted by Crippen LogP contribution is -2.36. The van der Waals surface area contributed by atoms with Crippen molar-refractivity contribution in [2.45, 2.75) is 38.1 Å². The highest BCUT2D eigenvalue weighted by Crippen LogP contribution is 2.26. The molecule has 1 atom stereocenters. The van der Waals surface area contributed by atoms with Crippen molar-refractivity contribution >= 4 is 52.5 Å². The summed E-state index contributed by atoms with van der Waals surface area (Å²) in [5.74, 6) is 0.755. The number of hydrogen-bond acceptors (Lipinski definition) is 6. The molecule has 1 heterocycles. The maximum Gasteiger partial charge on any atom is 0.261 e. The standard InChI is InChI=1S/C23H25Cl2N5O3S/c1-4-15-5-8-17(9-6-15)33-14(2)22(32)26-12-20-28-29-23(30(20)3)34-13-21(31)27-19-11-16(24)7-10-18(19)25/h5-11,14H,4,12-13H2,1-3H3,(H,26,32)(H,27,31)/t14-/m0/s1. The summed E-state index contributed by atoms with van der Waals surface area (Å²) in [6.45, 7) is 3.94. The van der Waals surface area contributed by atoms with Crippen LogP contribution in [0.3, 0.4) is 0 Å². The number of benzene rings is 2. The molecule has 0 fully saturated rings. The number of amides is 2. The lowest BCUT2D eigenvalue weighted by atomic mass is 10.2. The lowest BCUT2D eigenvalue weighted by Gasteiger charge is -2.15. The number of carbonyl (C=O) groups excluding carboxylic acids is 2. The van der Waals surface area contributed by atoms with E-state index in [4.69, 9.17) is 27.9 Å². The van der Waals surface area contributed by atoms with Crippen LogP contribution in [0.4, 0.5) is 5.69 Å². The number of carbonyl (C=O) groups is 2. The van der Waals surface area contributed by atoms with E-state index in [-0.39, 0.29) is 24.1 Å². The highest BCUT2D eigenvalue weighted by molar-refractivity contribution is 7.99. The number of nitrogens with zero attached hydrogens (tertiary/aromatic N) is 3. The van der Waals surface area contributed by atoms with Gasteiger partial charge in [-0.25, -0.2) is 0 Å². The van der Waals surface area contributed by atoms with E-state index in [2.05, 4.69) is 27.8 Å². The molecule has 2 aromatic carbocycles. The third kappa shape index (κ3) is 7.12. The Labute approximate surface area is 212 Å². The molecule has 0 radical (unpaired) electrons. The minimum atomic E-state index is -0.670. The third-order valence-corrected chi connectivity index (χ3v) is 6.48. The topological polar surface area (TPSA) is 98.1 Å². The monoisotopic (exact) mass is 521 g/mol. The van der Waals surface area contributed by atoms with Gasteiger partial charge in [0.2, 0.25) is 5.91 Å². The number of halogens is 2. The third-order valence-electron chi connectivity index (χ3n) is 4.89. The van der Waals surface area contributed by atoms with E-state index < -0.39 is 6.10 Å². The van der Waals surface area contributed by atoms with E-state index in [0.29, 0.717) is 32.5 Å². The second kappa shape index (κ2) is 12.1. The van der Waals surface area contributed by atoms with Crippen LogP contribution in [0.15, 0.2) is 47.6 Å². The van der Waals surface area contributed by atoms with Gasteiger partial charge in [0.05, 0.1) is 23.0 Å². The van der Waals surface area contributed by atoms with Gasteiger partial charge in [-0.2, -0.15) is 0 Å². The zero-order chi connectivity index (χ0) is 24.7. The average molecular weight is 522 g/mol. The Kier molecular flexibility index (Phi) is 9.20. The second-order valence-corrected chi connectivity index (χ2v) is 9.18. The van der Waals surface area contributed by atoms with Crippen molar-refractivity contribution in [1.29, 1.82) is 0 Å². The molecule has 0 unspecified atom stereocenters. The number of hydrogen-bond donors (Lipinski definition) is 2. The summed E-state index contributed by atoms with van der Waals surface area (Å²) in [6.07, 6.45) is 0.270. The SMILES string of the molecule is CCc1ccc(O[C@@H](C)C(=O)NCc2nnc(SCC(=O)Nc3cc(Cl)ccc3Cl)n2C)cc1. The van der Waals surface area contributed by atoms with Crippen LogP contribution in [0.25, 0.3) is 0 Å². The molecule has 0 spiro atoms. The van der Waals surface area contributed by atoms with Gasteiger partial charge in [0.25, 0.3) is 5.91 Å². The molecule has 2 amide bonds. The number of ether oxygens (including phenoxy) is 1. The van der Waals surface area contributed by atoms with Crippen molar-refractivity contribution in [3.8, 4) is 5.75 Å². The van der Waals surface area contributed by atoms with Gasteiger partial charge in [-0.15, -0.1) is 10.2 Å². The lowest BCUT2D eigenvalue weighted by molar-refractivity contribution is -0.127. The molecule has 3 aromatic rings. The van der Waals surface area contributed by atoms with Crippen molar-refractivity contribution in [3.05, 3.63) is 63.9 Å². The van der Waals surface area contributed by atoms with Crippen LogP contribution in [-0.4, -0.2) is 38.4 Å². The van der Waals surface area contributed by atoms with Gasteiger partial charge in [-0.05, 0) is 49.2 Å². The summed E-state index contributed by atoms with van der Waals surface area (Å²) in [4.78, 5) is 24.7. The predicted molar refractivity (Wildman–Crippen MR) is 135 cm³/mol. The molecule has 180 valence electrons. The number of anilines is 1. The Morgan fingerprint density at radius 1 is 1.15 bits per heavy atom. The zero-order valence-electron chi connectivity index (χ0n) is 19.0. The number of aryl methyl sites for hydroxylation is 1. The predicted octanol–water partition coefficient (Wildman–Crippen LogP) is 4.50. The van der Waals surface area contributed by atoms with Crippen LogP contribution in [0.2, 0.25) is 10.0 Å². The molecule has 11 heteroatoms. The highest BCUT2D eigenvalue weighted by atomic mass is 35.5. The Balaban J connectivity index is 1.48. The quantitative estimate of drug-likeness (QED) is 0.381. The van der Waals surface area contributed by atoms with Crippen LogP contribution in [-0.2, 0) is 29.6 Å². The van der Waals surface area contributed by atoms with E-state index in [1.807, 2.05) is 24.3 Å². The van der Waals surface area contributed by atoms with Crippen LogP contribution >= 0.6 is 35.0 Å². The minimum Gasteiger partial charge on any atom is -0.481 e. The van der Waals surface area contributed by atoms with Crippen LogP contribution in [0, 0.1) is 0 Å². The van der Waals surface area contributed by atoms with Gasteiger partial charge >= 0.3 is 0 Å². The molecule has 0 aliphatic heterocycles. The first-order valence-corrected chi connectivity index (χ1v) is 12.3. The van der Waals surface area contributed by atoms with Crippen LogP contribution in [0.5, 0.6) is 5.75 Å². The number of nitrogens with one attached hydrogen (secondary N) is 2. The average Bonchev–Trinajstić information content (AvgIpc) is 3.18. The van der Waals surface area contributed by atoms with Crippen LogP contribution < -0.4 is 15.4 Å². The van der Waals surface area contributed by atoms with Gasteiger partial charge in [-0.1, -0.05) is 54.0 Å². The normalized spacial score (nSPS) is 11.7. The van der Waals surface area contributed by atoms with E-state index in [0.717, 1.165) is 6.42 Å². The van der Waals surface area contributed by atoms with E-state index >= 15 is 0 Å². The van der Waals surface area contributed by atoms with E-state index in [9.17, 15) is 9.59 Å². The van der Waals surface area contributed by atoms with Gasteiger partial charge in [-0.3, -0.25) is 9.59 Å². The number of aromatic nitrogens is 3. The maximum atomic E-state index is 12.4. The Morgan fingerprint density at radius 2 is 1.88 bits per heavy atom. The Hall–Kier alpha value is -2.75. The van der Waals surface area contributed by atoms with Gasteiger partial charge in [0.15, 0.2) is 17.1 Å². The van der Waals surface area contributed by atoms with Crippen molar-refractivity contribution < 1.29 is 14.3 Å². The first kappa shape index (κ1) is 25.9. The summed E-state index contributed by atoms with van der Waals surface area (Å²) in [6, 6.07) is 12.5. The molecule has 0 aliphatic carbocycles. The number of rotatable bonds is 10. The fourth-order valence-electron chi connectivity index (χ4n) is 2.91. The molecule has 1 aromatic heterocycles. The fourth-order valence-corrected chi connectivity index (χ4v) is 3.97. The molecule has 0 aliphatic rings. The highest BCUT2D eigenvalue weighted by Gasteiger charge is 2.17. The van der Waals surface area contributed by atoms with Crippen molar-refractivity contribution in [3.63, 3.8) is 0 Å². The van der Waals surface area contributed by atoms with Crippen molar-refractivity contribution in [1.82, 2.24) is 20.1 Å². The summed E-state index contributed by atoms with van der Waals surface area (Å²) in [5.41, 5.74) is 1.64. The molecule has 0 saturated carbocycles. The van der Waals surface area contributed by atoms with Crippen LogP contribution in [0.1, 0.15) is 25.2 Å². The number of thioether (sulfide) groups is 1. The summed E-state index contributed by atoms with van der Waals surface area (Å²) < 4.78 is 7.43. The Morgan fingerprint density at radius 3 is 2.59 bits per heavy atom. The maximum absolute atomic E-state index is 12.4. The van der Waals surface area contributed by atoms with Gasteiger partial charge < -0.3 is 19.9 Å². The molecular formula is C23H25Cl2N5O3S. The molecule has 3 rings (SSSR count). The largest absolute Gasteiger partial charge is 0.481 e. The summed E-state index contributed by atoms with van der Waals surface area (Å²) in [7, 11) is 1.77. The van der Waals surface area contributed by atoms with E-state index in [1.54, 1.807) is 36.7 Å². The van der Waals surface area contributed by atoms with Crippen molar-refractivity contribution in [2.75, 3.05) is 11.1 Å². The molecular weight excluding hydrogens is 497 g/mol. The summed E-state index contributed by atoms with van der Waals surface area (Å²) >= 11 is 13.2. The molecule has 0 bridgehead atoms. The van der Waals surface area contributed by atoms with Crippen molar-refractivity contribution in [2.24, 2.45) is 7.05 Å². The summed E-state index contributed by atoms with van der Waals surface area (Å²) in [5, 5.41) is 15.1. The molecule has 2 N–H and O–H groups in total. The van der Waals surface area contributed by atoms with Gasteiger partial charge in [0, 0.05) is 12.1 Å². The Bertz CT molecular complexity index is 1150. The van der Waals surface area contributed by atoms with E-state index in [1.165, 1.54) is 17.3 Å². The first-order valence-electron chi connectivity index (χ1n) is 10.6. The smallest absolute Gasteiger partial charge is 0.261 e. The fraction of sp³-hybridized carbons (Fsp3) is 0.304. The molecule has 34 heavy (non-hydrogen) atoms. The zero-order valence-corrected chi connectivity index (χ0v) is 21.3. The second-order valence-electron chi connectivity index (χ2n) is 7.39. The first-order chi connectivity index (χ1) is 16.3. The molecule has 8 nitrogen and oxygen atoms in total. The van der Waals surface area contributed by atoms with Gasteiger partial charge in [0.1, 0.15) is 5.75 Å². The molecule has 0 saturated heterocycles. The minimum absolute atomic E-state index is 0.100.